The zero-order valence-electron chi connectivity index (χ0n) is 13.7. The second kappa shape index (κ2) is 6.95. The average Bonchev–Trinajstić information content (AvgIpc) is 2.97. The zero-order valence-corrected chi connectivity index (χ0v) is 14.5. The van der Waals surface area contributed by atoms with Crippen LogP contribution in [0, 0.1) is 0 Å². The summed E-state index contributed by atoms with van der Waals surface area (Å²) in [4.78, 5) is 28.2. The number of carbonyl (C=O) groups excluding carboxylic acids is 2. The zero-order chi connectivity index (χ0) is 16.3. The van der Waals surface area contributed by atoms with Crippen LogP contribution in [0.3, 0.4) is 0 Å². The molecule has 124 valence electrons. The second-order valence-electron chi connectivity index (χ2n) is 6.33. The molecular weight excluding hydrogens is 308 g/mol. The number of aryl methyl sites for hydroxylation is 1. The first-order valence-electron chi connectivity index (χ1n) is 8.35. The molecule has 5 heteroatoms. The number of likely N-dealkylation sites (tertiary alicyclic amines) is 1. The number of hydrogen-bond acceptors (Lipinski definition) is 3. The van der Waals surface area contributed by atoms with Crippen LogP contribution in [-0.4, -0.2) is 51.9 Å². The van der Waals surface area contributed by atoms with Crippen molar-refractivity contribution in [2.24, 2.45) is 0 Å². The van der Waals surface area contributed by atoms with E-state index in [9.17, 15) is 9.59 Å². The summed E-state index contributed by atoms with van der Waals surface area (Å²) in [5.74, 6) is 1.41. The third-order valence-electron chi connectivity index (χ3n) is 4.94. The fraction of sp³-hybridized carbons (Fsp3) is 0.556. The SMILES string of the molecule is CC(=O)N1CCC2(CC1)SCCN2C(=O)CCc1ccccc1. The second-order valence-corrected chi connectivity index (χ2v) is 7.79. The van der Waals surface area contributed by atoms with Gasteiger partial charge >= 0.3 is 0 Å². The van der Waals surface area contributed by atoms with Crippen LogP contribution in [0.1, 0.15) is 31.7 Å². The number of hydrogen-bond donors (Lipinski definition) is 0. The number of rotatable bonds is 3. The number of benzene rings is 1. The van der Waals surface area contributed by atoms with Gasteiger partial charge in [0.25, 0.3) is 0 Å². The van der Waals surface area contributed by atoms with Gasteiger partial charge < -0.3 is 9.80 Å². The van der Waals surface area contributed by atoms with Crippen LogP contribution in [0.15, 0.2) is 30.3 Å². The Bertz CT molecular complexity index is 568. The molecule has 0 bridgehead atoms. The first-order chi connectivity index (χ1) is 11.1. The lowest BCUT2D eigenvalue weighted by molar-refractivity contribution is -0.136. The quantitative estimate of drug-likeness (QED) is 0.854. The standard InChI is InChI=1S/C18H24N2O2S/c1-15(21)19-11-9-18(10-12-19)20(13-14-23-18)17(22)8-7-16-5-3-2-4-6-16/h2-6H,7-14H2,1H3. The van der Waals surface area contributed by atoms with Gasteiger partial charge in [0, 0.05) is 38.7 Å². The van der Waals surface area contributed by atoms with Crippen molar-refractivity contribution in [1.82, 2.24) is 9.80 Å². The lowest BCUT2D eigenvalue weighted by Crippen LogP contribution is -2.53. The third kappa shape index (κ3) is 3.55. The van der Waals surface area contributed by atoms with Crippen molar-refractivity contribution < 1.29 is 9.59 Å². The number of nitrogens with zero attached hydrogens (tertiary/aromatic N) is 2. The smallest absolute Gasteiger partial charge is 0.224 e. The molecule has 23 heavy (non-hydrogen) atoms. The molecule has 1 spiro atoms. The topological polar surface area (TPSA) is 40.6 Å². The van der Waals surface area contributed by atoms with Gasteiger partial charge in [-0.05, 0) is 24.8 Å². The summed E-state index contributed by atoms with van der Waals surface area (Å²) in [6, 6.07) is 10.2. The fourth-order valence-corrected chi connectivity index (χ4v) is 5.05. The van der Waals surface area contributed by atoms with E-state index in [4.69, 9.17) is 0 Å². The molecule has 1 aromatic carbocycles. The van der Waals surface area contributed by atoms with Gasteiger partial charge in [0.2, 0.25) is 11.8 Å². The minimum atomic E-state index is -0.0697. The van der Waals surface area contributed by atoms with Crippen LogP contribution in [0.25, 0.3) is 0 Å². The molecule has 3 rings (SSSR count). The van der Waals surface area contributed by atoms with Crippen LogP contribution < -0.4 is 0 Å². The molecule has 0 radical (unpaired) electrons. The van der Waals surface area contributed by atoms with Crippen molar-refractivity contribution >= 4 is 23.6 Å². The van der Waals surface area contributed by atoms with Crippen molar-refractivity contribution in [3.8, 4) is 0 Å². The Morgan fingerprint density at radius 1 is 1.13 bits per heavy atom. The van der Waals surface area contributed by atoms with Gasteiger partial charge in [-0.3, -0.25) is 9.59 Å². The summed E-state index contributed by atoms with van der Waals surface area (Å²) in [7, 11) is 0. The Morgan fingerprint density at radius 2 is 1.83 bits per heavy atom. The highest BCUT2D eigenvalue weighted by Gasteiger charge is 2.46. The largest absolute Gasteiger partial charge is 0.343 e. The lowest BCUT2D eigenvalue weighted by atomic mass is 10.0. The summed E-state index contributed by atoms with van der Waals surface area (Å²) >= 11 is 1.90. The van der Waals surface area contributed by atoms with E-state index in [1.807, 2.05) is 34.9 Å². The Morgan fingerprint density at radius 3 is 2.48 bits per heavy atom. The predicted octanol–water partition coefficient (Wildman–Crippen LogP) is 2.53. The number of carbonyl (C=O) groups is 2. The molecular formula is C18H24N2O2S. The van der Waals surface area contributed by atoms with Gasteiger partial charge in [0.15, 0.2) is 0 Å². The van der Waals surface area contributed by atoms with Crippen molar-refractivity contribution in [1.29, 1.82) is 0 Å². The number of piperidine rings is 1. The van der Waals surface area contributed by atoms with Gasteiger partial charge in [-0.1, -0.05) is 30.3 Å². The summed E-state index contributed by atoms with van der Waals surface area (Å²) in [6.45, 7) is 4.01. The highest BCUT2D eigenvalue weighted by molar-refractivity contribution is 8.00. The van der Waals surface area contributed by atoms with Crippen LogP contribution in [0.5, 0.6) is 0 Å². The molecule has 2 heterocycles. The van der Waals surface area contributed by atoms with Crippen molar-refractivity contribution in [3.05, 3.63) is 35.9 Å². The molecule has 0 saturated carbocycles. The fourth-order valence-electron chi connectivity index (χ4n) is 3.58. The highest BCUT2D eigenvalue weighted by Crippen LogP contribution is 2.44. The van der Waals surface area contributed by atoms with Crippen LogP contribution in [-0.2, 0) is 16.0 Å². The third-order valence-corrected chi connectivity index (χ3v) is 6.49. The van der Waals surface area contributed by atoms with E-state index in [0.717, 1.165) is 44.6 Å². The average molecular weight is 332 g/mol. The number of amides is 2. The first-order valence-corrected chi connectivity index (χ1v) is 9.33. The van der Waals surface area contributed by atoms with Gasteiger partial charge in [-0.15, -0.1) is 11.8 Å². The van der Waals surface area contributed by atoms with Crippen molar-refractivity contribution in [2.75, 3.05) is 25.4 Å². The molecule has 2 aliphatic rings. The number of thioether (sulfide) groups is 1. The van der Waals surface area contributed by atoms with Gasteiger partial charge in [-0.25, -0.2) is 0 Å². The van der Waals surface area contributed by atoms with E-state index >= 15 is 0 Å². The van der Waals surface area contributed by atoms with Crippen LogP contribution in [0.4, 0.5) is 0 Å². The van der Waals surface area contributed by atoms with E-state index in [0.29, 0.717) is 6.42 Å². The Kier molecular flexibility index (Phi) is 4.95. The van der Waals surface area contributed by atoms with E-state index in [2.05, 4.69) is 17.0 Å². The maximum atomic E-state index is 12.7. The lowest BCUT2D eigenvalue weighted by Gasteiger charge is -2.44. The summed E-state index contributed by atoms with van der Waals surface area (Å²) in [6.07, 6.45) is 3.17. The summed E-state index contributed by atoms with van der Waals surface area (Å²) < 4.78 is 0. The molecule has 2 aliphatic heterocycles. The maximum Gasteiger partial charge on any atom is 0.224 e. The Labute approximate surface area is 142 Å². The molecule has 4 nitrogen and oxygen atoms in total. The summed E-state index contributed by atoms with van der Waals surface area (Å²) in [5, 5.41) is 0. The minimum absolute atomic E-state index is 0.0697. The molecule has 2 fully saturated rings. The van der Waals surface area contributed by atoms with Crippen LogP contribution >= 0.6 is 11.8 Å². The molecule has 1 aromatic rings. The monoisotopic (exact) mass is 332 g/mol. The van der Waals surface area contributed by atoms with E-state index in [-0.39, 0.29) is 16.7 Å². The van der Waals surface area contributed by atoms with Gasteiger partial charge in [0.05, 0.1) is 4.87 Å². The van der Waals surface area contributed by atoms with E-state index in [1.54, 1.807) is 6.92 Å². The van der Waals surface area contributed by atoms with Gasteiger partial charge in [0.1, 0.15) is 0 Å². The molecule has 0 unspecified atom stereocenters. The minimum Gasteiger partial charge on any atom is -0.343 e. The maximum absolute atomic E-state index is 12.7. The van der Waals surface area contributed by atoms with E-state index in [1.165, 1.54) is 5.56 Å². The molecule has 2 saturated heterocycles. The van der Waals surface area contributed by atoms with Crippen LogP contribution in [0.2, 0.25) is 0 Å². The van der Waals surface area contributed by atoms with Crippen molar-refractivity contribution in [2.45, 2.75) is 37.5 Å². The van der Waals surface area contributed by atoms with Gasteiger partial charge in [-0.2, -0.15) is 0 Å². The van der Waals surface area contributed by atoms with E-state index < -0.39 is 0 Å². The highest BCUT2D eigenvalue weighted by atomic mass is 32.2. The predicted molar refractivity (Wildman–Crippen MR) is 93.2 cm³/mol. The molecule has 0 N–H and O–H groups in total. The first kappa shape index (κ1) is 16.4. The normalized spacial score (nSPS) is 20.0. The summed E-state index contributed by atoms with van der Waals surface area (Å²) in [5.41, 5.74) is 1.22. The molecule has 0 aliphatic carbocycles. The van der Waals surface area contributed by atoms with Crippen molar-refractivity contribution in [3.63, 3.8) is 0 Å². The Balaban J connectivity index is 1.60. The molecule has 0 atom stereocenters. The molecule has 0 aromatic heterocycles. The Hall–Kier alpha value is -1.49. The molecule has 2 amide bonds.